The van der Waals surface area contributed by atoms with Crippen LogP contribution in [0, 0.1) is 5.92 Å². The zero-order valence-corrected chi connectivity index (χ0v) is 16.2. The van der Waals surface area contributed by atoms with Gasteiger partial charge in [0.2, 0.25) is 5.91 Å². The molecule has 6 heteroatoms. The Hall–Kier alpha value is -2.60. The molecule has 1 aromatic carbocycles. The van der Waals surface area contributed by atoms with Crippen LogP contribution in [0.4, 0.5) is 5.82 Å². The number of fused-ring (bicyclic) bond motifs is 1. The molecule has 3 aromatic rings. The molecule has 140 valence electrons. The first-order chi connectivity index (χ1) is 13.2. The summed E-state index contributed by atoms with van der Waals surface area (Å²) in [6, 6.07) is 12.0. The predicted octanol–water partition coefficient (Wildman–Crippen LogP) is 3.84. The molecular formula is C21H23N3O2S. The number of ether oxygens (including phenoxy) is 1. The highest BCUT2D eigenvalue weighted by Crippen LogP contribution is 2.31. The quantitative estimate of drug-likeness (QED) is 0.730. The van der Waals surface area contributed by atoms with E-state index in [-0.39, 0.29) is 11.8 Å². The van der Waals surface area contributed by atoms with Crippen LogP contribution in [0.1, 0.15) is 18.4 Å². The molecule has 1 aliphatic rings. The Bertz CT molecular complexity index is 915. The Labute approximate surface area is 163 Å². The zero-order valence-electron chi connectivity index (χ0n) is 15.4. The number of hydrogen-bond acceptors (Lipinski definition) is 5. The molecule has 0 atom stereocenters. The summed E-state index contributed by atoms with van der Waals surface area (Å²) in [5.74, 6) is 2.09. The third-order valence-electron chi connectivity index (χ3n) is 5.15. The molecule has 2 aromatic heterocycles. The maximum absolute atomic E-state index is 12.5. The van der Waals surface area contributed by atoms with E-state index in [0.29, 0.717) is 6.54 Å². The number of nitrogens with zero attached hydrogens (tertiary/aromatic N) is 2. The van der Waals surface area contributed by atoms with Crippen LogP contribution in [0.15, 0.2) is 48.0 Å². The van der Waals surface area contributed by atoms with E-state index in [1.165, 1.54) is 10.1 Å². The van der Waals surface area contributed by atoms with Gasteiger partial charge in [-0.3, -0.25) is 4.79 Å². The predicted molar refractivity (Wildman–Crippen MR) is 109 cm³/mol. The number of thiophene rings is 1. The monoisotopic (exact) mass is 381 g/mol. The molecule has 4 rings (SSSR count). The van der Waals surface area contributed by atoms with Gasteiger partial charge in [0.25, 0.3) is 0 Å². The molecule has 3 heterocycles. The number of pyridine rings is 1. The van der Waals surface area contributed by atoms with E-state index in [2.05, 4.69) is 32.7 Å². The lowest BCUT2D eigenvalue weighted by atomic mass is 9.95. The van der Waals surface area contributed by atoms with Crippen LogP contribution in [0.25, 0.3) is 10.1 Å². The van der Waals surface area contributed by atoms with Crippen LogP contribution < -0.4 is 15.0 Å². The second kappa shape index (κ2) is 7.96. The SMILES string of the molecule is COc1ccc(CNC(=O)C2CCN(c3nccc4sccc34)CC2)cc1. The van der Waals surface area contributed by atoms with E-state index >= 15 is 0 Å². The fraction of sp³-hybridized carbons (Fsp3) is 0.333. The molecule has 1 saturated heterocycles. The van der Waals surface area contributed by atoms with Gasteiger partial charge in [0.1, 0.15) is 11.6 Å². The van der Waals surface area contributed by atoms with Crippen molar-refractivity contribution in [3.05, 3.63) is 53.5 Å². The molecule has 5 nitrogen and oxygen atoms in total. The van der Waals surface area contributed by atoms with Crippen LogP contribution in [-0.2, 0) is 11.3 Å². The van der Waals surface area contributed by atoms with E-state index in [4.69, 9.17) is 4.74 Å². The Morgan fingerprint density at radius 2 is 2.00 bits per heavy atom. The zero-order chi connectivity index (χ0) is 18.6. The number of aromatic nitrogens is 1. The number of anilines is 1. The third kappa shape index (κ3) is 3.90. The van der Waals surface area contributed by atoms with Crippen molar-refractivity contribution in [1.82, 2.24) is 10.3 Å². The van der Waals surface area contributed by atoms with Gasteiger partial charge in [0, 0.05) is 41.8 Å². The molecule has 27 heavy (non-hydrogen) atoms. The van der Waals surface area contributed by atoms with Crippen molar-refractivity contribution in [2.45, 2.75) is 19.4 Å². The average Bonchev–Trinajstić information content (AvgIpc) is 3.21. The van der Waals surface area contributed by atoms with Gasteiger partial charge < -0.3 is 15.0 Å². The van der Waals surface area contributed by atoms with E-state index < -0.39 is 0 Å². The summed E-state index contributed by atoms with van der Waals surface area (Å²) in [5.41, 5.74) is 1.08. The molecule has 0 saturated carbocycles. The largest absolute Gasteiger partial charge is 0.497 e. The summed E-state index contributed by atoms with van der Waals surface area (Å²) >= 11 is 1.74. The summed E-state index contributed by atoms with van der Waals surface area (Å²) in [6.07, 6.45) is 3.59. The summed E-state index contributed by atoms with van der Waals surface area (Å²) in [5, 5.41) is 6.39. The molecule has 0 aliphatic carbocycles. The third-order valence-corrected chi connectivity index (χ3v) is 6.03. The van der Waals surface area contributed by atoms with Crippen molar-refractivity contribution in [2.75, 3.05) is 25.1 Å². The number of piperidine rings is 1. The first kappa shape index (κ1) is 17.8. The maximum Gasteiger partial charge on any atom is 0.223 e. The van der Waals surface area contributed by atoms with Gasteiger partial charge in [0.05, 0.1) is 7.11 Å². The van der Waals surface area contributed by atoms with E-state index in [1.807, 2.05) is 30.5 Å². The minimum absolute atomic E-state index is 0.0705. The van der Waals surface area contributed by atoms with Crippen molar-refractivity contribution >= 4 is 33.1 Å². The fourth-order valence-electron chi connectivity index (χ4n) is 3.56. The average molecular weight is 382 g/mol. The summed E-state index contributed by atoms with van der Waals surface area (Å²) in [7, 11) is 1.65. The van der Waals surface area contributed by atoms with E-state index in [1.54, 1.807) is 18.4 Å². The minimum atomic E-state index is 0.0705. The molecule has 1 N–H and O–H groups in total. The molecular weight excluding hydrogens is 358 g/mol. The van der Waals surface area contributed by atoms with Crippen LogP contribution >= 0.6 is 11.3 Å². The van der Waals surface area contributed by atoms with Gasteiger partial charge in [0.15, 0.2) is 0 Å². The van der Waals surface area contributed by atoms with Crippen LogP contribution in [-0.4, -0.2) is 31.1 Å². The second-order valence-corrected chi connectivity index (χ2v) is 7.74. The standard InChI is InChI=1S/C21H23N3O2S/c1-26-17-4-2-15(3-5-17)14-23-21(25)16-7-11-24(12-8-16)20-18-9-13-27-19(18)6-10-22-20/h2-6,9-10,13,16H,7-8,11-12,14H2,1H3,(H,23,25). The van der Waals surface area contributed by atoms with Gasteiger partial charge in [-0.25, -0.2) is 4.98 Å². The van der Waals surface area contributed by atoms with Crippen molar-refractivity contribution in [1.29, 1.82) is 0 Å². The Morgan fingerprint density at radius 3 is 2.74 bits per heavy atom. The topological polar surface area (TPSA) is 54.5 Å². The molecule has 1 amide bonds. The van der Waals surface area contributed by atoms with Crippen molar-refractivity contribution < 1.29 is 9.53 Å². The van der Waals surface area contributed by atoms with Gasteiger partial charge in [-0.05, 0) is 48.1 Å². The first-order valence-corrected chi connectivity index (χ1v) is 10.1. The first-order valence-electron chi connectivity index (χ1n) is 9.22. The smallest absolute Gasteiger partial charge is 0.223 e. The molecule has 1 fully saturated rings. The summed E-state index contributed by atoms with van der Waals surface area (Å²) in [4.78, 5) is 19.4. The van der Waals surface area contributed by atoms with Gasteiger partial charge >= 0.3 is 0 Å². The van der Waals surface area contributed by atoms with E-state index in [9.17, 15) is 4.79 Å². The van der Waals surface area contributed by atoms with Crippen molar-refractivity contribution in [2.24, 2.45) is 5.92 Å². The maximum atomic E-state index is 12.5. The summed E-state index contributed by atoms with van der Waals surface area (Å²) < 4.78 is 6.42. The molecule has 1 aliphatic heterocycles. The number of hydrogen-bond donors (Lipinski definition) is 1. The lowest BCUT2D eigenvalue weighted by Crippen LogP contribution is -2.40. The number of benzene rings is 1. The highest BCUT2D eigenvalue weighted by Gasteiger charge is 2.26. The highest BCUT2D eigenvalue weighted by atomic mass is 32.1. The highest BCUT2D eigenvalue weighted by molar-refractivity contribution is 7.17. The number of methoxy groups -OCH3 is 1. The normalized spacial score (nSPS) is 15.1. The molecule has 0 radical (unpaired) electrons. The van der Waals surface area contributed by atoms with Crippen molar-refractivity contribution in [3.63, 3.8) is 0 Å². The van der Waals surface area contributed by atoms with E-state index in [0.717, 1.165) is 43.1 Å². The Morgan fingerprint density at radius 1 is 1.22 bits per heavy atom. The van der Waals surface area contributed by atoms with Gasteiger partial charge in [-0.1, -0.05) is 12.1 Å². The number of amides is 1. The molecule has 0 unspecified atom stereocenters. The van der Waals surface area contributed by atoms with Crippen LogP contribution in [0.2, 0.25) is 0 Å². The number of rotatable bonds is 5. The van der Waals surface area contributed by atoms with Crippen LogP contribution in [0.5, 0.6) is 5.75 Å². The Balaban J connectivity index is 1.32. The second-order valence-electron chi connectivity index (χ2n) is 6.79. The number of carbonyl (C=O) groups is 1. The van der Waals surface area contributed by atoms with Gasteiger partial charge in [-0.2, -0.15) is 0 Å². The van der Waals surface area contributed by atoms with Gasteiger partial charge in [-0.15, -0.1) is 11.3 Å². The lowest BCUT2D eigenvalue weighted by Gasteiger charge is -2.32. The minimum Gasteiger partial charge on any atom is -0.497 e. The Kier molecular flexibility index (Phi) is 5.25. The number of nitrogens with one attached hydrogen (secondary N) is 1. The summed E-state index contributed by atoms with van der Waals surface area (Å²) in [6.45, 7) is 2.28. The van der Waals surface area contributed by atoms with Crippen molar-refractivity contribution in [3.8, 4) is 5.75 Å². The number of carbonyl (C=O) groups excluding carboxylic acids is 1. The fourth-order valence-corrected chi connectivity index (χ4v) is 4.34. The molecule has 0 bridgehead atoms. The molecule has 0 spiro atoms. The lowest BCUT2D eigenvalue weighted by molar-refractivity contribution is -0.125. The van der Waals surface area contributed by atoms with Crippen LogP contribution in [0.3, 0.4) is 0 Å².